The van der Waals surface area contributed by atoms with Gasteiger partial charge in [-0.15, -0.1) is 0 Å². The van der Waals surface area contributed by atoms with Crippen LogP contribution < -0.4 is 0 Å². The van der Waals surface area contributed by atoms with Crippen LogP contribution in [0.15, 0.2) is 60.7 Å². The zero-order valence-electron chi connectivity index (χ0n) is 21.9. The van der Waals surface area contributed by atoms with E-state index in [1.54, 1.807) is 5.06 Å². The van der Waals surface area contributed by atoms with E-state index >= 15 is 0 Å². The van der Waals surface area contributed by atoms with E-state index in [2.05, 4.69) is 13.8 Å². The van der Waals surface area contributed by atoms with Crippen molar-refractivity contribution in [3.8, 4) is 0 Å². The van der Waals surface area contributed by atoms with Crippen molar-refractivity contribution >= 4 is 11.9 Å². The Bertz CT molecular complexity index is 1000. The van der Waals surface area contributed by atoms with Crippen molar-refractivity contribution < 1.29 is 23.9 Å². The van der Waals surface area contributed by atoms with E-state index in [0.29, 0.717) is 18.4 Å². The van der Waals surface area contributed by atoms with Crippen LogP contribution in [0.4, 0.5) is 0 Å². The van der Waals surface area contributed by atoms with Gasteiger partial charge < -0.3 is 9.47 Å². The number of benzene rings is 2. The zero-order valence-corrected chi connectivity index (χ0v) is 21.9. The molecule has 0 spiro atoms. The first-order valence-corrected chi connectivity index (χ1v) is 13.2. The molecule has 36 heavy (non-hydrogen) atoms. The molecule has 6 heteroatoms. The topological polar surface area (TPSA) is 65.1 Å². The maximum absolute atomic E-state index is 13.7. The Hall–Kier alpha value is -2.70. The van der Waals surface area contributed by atoms with Crippen molar-refractivity contribution in [2.24, 2.45) is 17.8 Å². The molecule has 6 nitrogen and oxygen atoms in total. The molecule has 1 saturated heterocycles. The smallest absolute Gasteiger partial charge is 0.327 e. The summed E-state index contributed by atoms with van der Waals surface area (Å²) in [6.07, 6.45) is 3.21. The van der Waals surface area contributed by atoms with Gasteiger partial charge in [-0.1, -0.05) is 74.5 Å². The lowest BCUT2D eigenvalue weighted by Crippen LogP contribution is -2.48. The summed E-state index contributed by atoms with van der Waals surface area (Å²) in [4.78, 5) is 33.1. The van der Waals surface area contributed by atoms with Gasteiger partial charge in [0, 0.05) is 0 Å². The molecule has 1 aliphatic carbocycles. The van der Waals surface area contributed by atoms with Crippen LogP contribution >= 0.6 is 0 Å². The largest absolute Gasteiger partial charge is 0.460 e. The van der Waals surface area contributed by atoms with Gasteiger partial charge in [0.25, 0.3) is 0 Å². The molecule has 1 aliphatic heterocycles. The van der Waals surface area contributed by atoms with E-state index < -0.39 is 35.6 Å². The fourth-order valence-electron chi connectivity index (χ4n) is 5.41. The van der Waals surface area contributed by atoms with Gasteiger partial charge in [0.2, 0.25) is 0 Å². The SMILES string of the molecule is CC(C)C1CCC(C)(OC(=O)[C@H]2[C@H](C(=O)OCc3ccccc3)[C@@H](C)ON2Cc2ccccc2)CC1. The fourth-order valence-corrected chi connectivity index (χ4v) is 5.41. The van der Waals surface area contributed by atoms with Crippen LogP contribution in [-0.4, -0.2) is 34.7 Å². The first kappa shape index (κ1) is 26.4. The Kier molecular flexibility index (Phi) is 8.47. The Labute approximate surface area is 214 Å². The number of hydrogen-bond donors (Lipinski definition) is 0. The Morgan fingerprint density at radius 1 is 0.972 bits per heavy atom. The van der Waals surface area contributed by atoms with Crippen LogP contribution in [0, 0.1) is 17.8 Å². The highest BCUT2D eigenvalue weighted by atomic mass is 16.7. The molecule has 0 N–H and O–H groups in total. The lowest BCUT2D eigenvalue weighted by molar-refractivity contribution is -0.195. The van der Waals surface area contributed by atoms with Crippen LogP contribution in [0.25, 0.3) is 0 Å². The predicted octanol–water partition coefficient (Wildman–Crippen LogP) is 5.70. The van der Waals surface area contributed by atoms with Crippen LogP contribution in [0.2, 0.25) is 0 Å². The highest BCUT2D eigenvalue weighted by molar-refractivity contribution is 5.85. The van der Waals surface area contributed by atoms with Crippen molar-refractivity contribution in [1.29, 1.82) is 0 Å². The third-order valence-corrected chi connectivity index (χ3v) is 7.75. The van der Waals surface area contributed by atoms with Crippen LogP contribution in [-0.2, 0) is 37.1 Å². The lowest BCUT2D eigenvalue weighted by atomic mass is 9.75. The Morgan fingerprint density at radius 2 is 1.56 bits per heavy atom. The second kappa shape index (κ2) is 11.6. The Morgan fingerprint density at radius 3 is 2.14 bits per heavy atom. The van der Waals surface area contributed by atoms with Gasteiger partial charge in [0.05, 0.1) is 12.6 Å². The molecular weight excluding hydrogens is 454 g/mol. The minimum Gasteiger partial charge on any atom is -0.460 e. The second-order valence-electron chi connectivity index (χ2n) is 10.9. The quantitative estimate of drug-likeness (QED) is 0.440. The Balaban J connectivity index is 1.51. The number of carbonyl (C=O) groups excluding carboxylic acids is 2. The lowest BCUT2D eigenvalue weighted by Gasteiger charge is -2.39. The van der Waals surface area contributed by atoms with E-state index in [0.717, 1.165) is 36.8 Å². The average Bonchev–Trinajstić information content (AvgIpc) is 3.19. The monoisotopic (exact) mass is 493 g/mol. The van der Waals surface area contributed by atoms with Crippen molar-refractivity contribution in [3.63, 3.8) is 0 Å². The van der Waals surface area contributed by atoms with Gasteiger partial charge in [-0.3, -0.25) is 14.4 Å². The van der Waals surface area contributed by atoms with E-state index in [9.17, 15) is 9.59 Å². The van der Waals surface area contributed by atoms with Crippen molar-refractivity contribution in [3.05, 3.63) is 71.8 Å². The molecular formula is C30H39NO5. The summed E-state index contributed by atoms with van der Waals surface area (Å²) in [5, 5.41) is 1.61. The van der Waals surface area contributed by atoms with Crippen LogP contribution in [0.3, 0.4) is 0 Å². The number of ether oxygens (including phenoxy) is 2. The highest BCUT2D eigenvalue weighted by Gasteiger charge is 2.52. The van der Waals surface area contributed by atoms with Gasteiger partial charge in [-0.25, -0.2) is 0 Å². The molecule has 1 heterocycles. The number of carbonyl (C=O) groups is 2. The summed E-state index contributed by atoms with van der Waals surface area (Å²) in [6, 6.07) is 18.5. The molecule has 0 radical (unpaired) electrons. The first-order chi connectivity index (χ1) is 17.3. The molecule has 3 atom stereocenters. The second-order valence-corrected chi connectivity index (χ2v) is 10.9. The molecule has 2 aliphatic rings. The molecule has 2 aromatic rings. The molecule has 1 saturated carbocycles. The maximum atomic E-state index is 13.7. The van der Waals surface area contributed by atoms with E-state index in [-0.39, 0.29) is 6.61 Å². The molecule has 0 bridgehead atoms. The summed E-state index contributed by atoms with van der Waals surface area (Å²) >= 11 is 0. The van der Waals surface area contributed by atoms with Gasteiger partial charge in [-0.05, 0) is 62.5 Å². The van der Waals surface area contributed by atoms with Crippen molar-refractivity contribution in [2.75, 3.05) is 0 Å². The minimum absolute atomic E-state index is 0.150. The zero-order chi connectivity index (χ0) is 25.7. The standard InChI is InChI=1S/C30H39NO5/c1-21(2)25-15-17-30(4,18-16-25)35-29(33)27-26(28(32)34-20-24-13-9-6-10-14-24)22(3)36-31(27)19-23-11-7-5-8-12-23/h5-14,21-22,25-27H,15-20H2,1-4H3/t22-,25?,26-,27-,30?/m1/s1. The van der Waals surface area contributed by atoms with E-state index in [1.807, 2.05) is 74.5 Å². The van der Waals surface area contributed by atoms with Gasteiger partial charge in [-0.2, -0.15) is 5.06 Å². The number of rotatable bonds is 8. The van der Waals surface area contributed by atoms with Gasteiger partial charge >= 0.3 is 11.9 Å². The van der Waals surface area contributed by atoms with E-state index in [1.165, 1.54) is 0 Å². The van der Waals surface area contributed by atoms with Crippen molar-refractivity contribution in [1.82, 2.24) is 5.06 Å². The molecule has 0 amide bonds. The summed E-state index contributed by atoms with van der Waals surface area (Å²) in [6.45, 7) is 8.87. The fraction of sp³-hybridized carbons (Fsp3) is 0.533. The van der Waals surface area contributed by atoms with Gasteiger partial charge in [0.1, 0.15) is 24.2 Å². The molecule has 4 rings (SSSR count). The number of nitrogens with zero attached hydrogens (tertiary/aromatic N) is 1. The summed E-state index contributed by atoms with van der Waals surface area (Å²) in [7, 11) is 0. The third-order valence-electron chi connectivity index (χ3n) is 7.75. The first-order valence-electron chi connectivity index (χ1n) is 13.2. The summed E-state index contributed by atoms with van der Waals surface area (Å²) in [5.41, 5.74) is 1.35. The average molecular weight is 494 g/mol. The maximum Gasteiger partial charge on any atom is 0.327 e. The minimum atomic E-state index is -0.872. The molecule has 0 unspecified atom stereocenters. The summed E-state index contributed by atoms with van der Waals surface area (Å²) in [5.74, 6) is -0.359. The third kappa shape index (κ3) is 6.34. The number of esters is 2. The molecule has 0 aromatic heterocycles. The normalized spacial score (nSPS) is 28.7. The predicted molar refractivity (Wildman–Crippen MR) is 137 cm³/mol. The van der Waals surface area contributed by atoms with Crippen LogP contribution in [0.5, 0.6) is 0 Å². The number of hydroxylamine groups is 2. The molecule has 194 valence electrons. The van der Waals surface area contributed by atoms with Gasteiger partial charge in [0.15, 0.2) is 0 Å². The van der Waals surface area contributed by atoms with Crippen LogP contribution in [0.1, 0.15) is 64.5 Å². The number of hydrogen-bond acceptors (Lipinski definition) is 6. The van der Waals surface area contributed by atoms with Crippen molar-refractivity contribution in [2.45, 2.75) is 84.3 Å². The van der Waals surface area contributed by atoms with E-state index in [4.69, 9.17) is 14.3 Å². The highest BCUT2D eigenvalue weighted by Crippen LogP contribution is 2.39. The summed E-state index contributed by atoms with van der Waals surface area (Å²) < 4.78 is 11.8. The molecule has 2 fully saturated rings. The molecule has 2 aromatic carbocycles.